The molecule has 4 rings (SSSR count). The van der Waals surface area contributed by atoms with Crippen molar-refractivity contribution in [1.82, 2.24) is 14.9 Å². The average Bonchev–Trinajstić information content (AvgIpc) is 3.21. The molecule has 2 aromatic heterocycles. The Kier molecular flexibility index (Phi) is 5.73. The van der Waals surface area contributed by atoms with Crippen molar-refractivity contribution in [3.8, 4) is 16.7 Å². The Labute approximate surface area is 171 Å². The second kappa shape index (κ2) is 8.58. The molecule has 144 valence electrons. The molecule has 1 saturated heterocycles. The number of amides is 1. The minimum absolute atomic E-state index is 0.00698. The van der Waals surface area contributed by atoms with Gasteiger partial charge in [0.05, 0.1) is 11.2 Å². The molecular formula is C20H18ClN3O3S. The van der Waals surface area contributed by atoms with Crippen LogP contribution >= 0.6 is 22.9 Å². The van der Waals surface area contributed by atoms with Crippen molar-refractivity contribution >= 4 is 28.8 Å². The lowest BCUT2D eigenvalue weighted by atomic mass is 10.1. The monoisotopic (exact) mass is 415 g/mol. The standard InChI is InChI=1S/C20H18ClN3O3S/c21-15-11-18(13-22-12-15)26-16-4-7-24(8-5-16)19(25)14-2-1-3-17(10-14)27-20-23-6-9-28-20/h1-3,6,9-13,16H,4-5,7-8H2. The second-order valence-electron chi connectivity index (χ2n) is 6.38. The molecule has 0 saturated carbocycles. The van der Waals surface area contributed by atoms with Crippen LogP contribution in [0.15, 0.2) is 54.3 Å². The first-order valence-corrected chi connectivity index (χ1v) is 10.2. The molecule has 0 spiro atoms. The summed E-state index contributed by atoms with van der Waals surface area (Å²) in [6.45, 7) is 1.27. The summed E-state index contributed by atoms with van der Waals surface area (Å²) in [6.07, 6.45) is 6.46. The minimum Gasteiger partial charge on any atom is -0.489 e. The van der Waals surface area contributed by atoms with Crippen LogP contribution in [-0.2, 0) is 0 Å². The lowest BCUT2D eigenvalue weighted by Crippen LogP contribution is -2.41. The van der Waals surface area contributed by atoms with Crippen LogP contribution in [0.4, 0.5) is 0 Å². The summed E-state index contributed by atoms with van der Waals surface area (Å²) in [4.78, 5) is 22.8. The molecule has 0 radical (unpaired) electrons. The topological polar surface area (TPSA) is 64.5 Å². The molecule has 1 fully saturated rings. The Hall–Kier alpha value is -2.64. The Morgan fingerprint density at radius 2 is 2.04 bits per heavy atom. The smallest absolute Gasteiger partial charge is 0.278 e. The number of likely N-dealkylation sites (tertiary alicyclic amines) is 1. The maximum atomic E-state index is 12.9. The quantitative estimate of drug-likeness (QED) is 0.606. The number of hydrogen-bond acceptors (Lipinski definition) is 6. The maximum Gasteiger partial charge on any atom is 0.278 e. The SMILES string of the molecule is O=C(c1cccc(Oc2nccs2)c1)N1CCC(Oc2cncc(Cl)c2)CC1. The van der Waals surface area contributed by atoms with Crippen molar-refractivity contribution < 1.29 is 14.3 Å². The fraction of sp³-hybridized carbons (Fsp3) is 0.250. The van der Waals surface area contributed by atoms with Gasteiger partial charge in [-0.1, -0.05) is 29.0 Å². The van der Waals surface area contributed by atoms with Crippen LogP contribution < -0.4 is 9.47 Å². The number of ether oxygens (including phenoxy) is 2. The van der Waals surface area contributed by atoms with E-state index in [1.54, 1.807) is 36.8 Å². The normalized spacial score (nSPS) is 14.7. The number of halogens is 1. The summed E-state index contributed by atoms with van der Waals surface area (Å²) in [5.41, 5.74) is 0.604. The van der Waals surface area contributed by atoms with Gasteiger partial charge in [0.15, 0.2) is 0 Å². The van der Waals surface area contributed by atoms with Crippen LogP contribution in [0, 0.1) is 0 Å². The van der Waals surface area contributed by atoms with E-state index in [0.717, 1.165) is 12.8 Å². The zero-order valence-corrected chi connectivity index (χ0v) is 16.5. The van der Waals surface area contributed by atoms with E-state index in [0.29, 0.717) is 40.4 Å². The molecule has 1 aromatic carbocycles. The molecule has 0 atom stereocenters. The van der Waals surface area contributed by atoms with Crippen LogP contribution in [0.5, 0.6) is 16.7 Å². The molecule has 1 aliphatic heterocycles. The highest BCUT2D eigenvalue weighted by Gasteiger charge is 2.25. The lowest BCUT2D eigenvalue weighted by Gasteiger charge is -2.32. The average molecular weight is 416 g/mol. The van der Waals surface area contributed by atoms with Gasteiger partial charge in [-0.2, -0.15) is 0 Å². The van der Waals surface area contributed by atoms with Gasteiger partial charge in [-0.25, -0.2) is 4.98 Å². The van der Waals surface area contributed by atoms with Crippen LogP contribution in [0.2, 0.25) is 5.02 Å². The third kappa shape index (κ3) is 4.61. The summed E-state index contributed by atoms with van der Waals surface area (Å²) in [6, 6.07) is 8.94. The summed E-state index contributed by atoms with van der Waals surface area (Å²) >= 11 is 7.35. The van der Waals surface area contributed by atoms with Gasteiger partial charge in [0.2, 0.25) is 0 Å². The van der Waals surface area contributed by atoms with Gasteiger partial charge in [0.1, 0.15) is 17.6 Å². The predicted octanol–water partition coefficient (Wildman–Crippen LogP) is 4.67. The number of nitrogens with zero attached hydrogens (tertiary/aromatic N) is 3. The Bertz CT molecular complexity index is 943. The molecule has 1 amide bonds. The second-order valence-corrected chi connectivity index (χ2v) is 7.67. The summed E-state index contributed by atoms with van der Waals surface area (Å²) in [5, 5.41) is 2.94. The van der Waals surface area contributed by atoms with Gasteiger partial charge in [-0.05, 0) is 18.2 Å². The number of aromatic nitrogens is 2. The first kappa shape index (κ1) is 18.7. The molecule has 6 nitrogen and oxygen atoms in total. The van der Waals surface area contributed by atoms with Crippen LogP contribution in [0.1, 0.15) is 23.2 Å². The number of carbonyl (C=O) groups excluding carboxylic acids is 1. The Morgan fingerprint density at radius 1 is 1.18 bits per heavy atom. The Balaban J connectivity index is 1.35. The van der Waals surface area contributed by atoms with E-state index in [-0.39, 0.29) is 12.0 Å². The molecule has 3 heterocycles. The maximum absolute atomic E-state index is 12.9. The first-order chi connectivity index (χ1) is 13.7. The van der Waals surface area contributed by atoms with Gasteiger partial charge in [0.25, 0.3) is 11.1 Å². The molecule has 8 heteroatoms. The van der Waals surface area contributed by atoms with Gasteiger partial charge in [-0.15, -0.1) is 0 Å². The van der Waals surface area contributed by atoms with Crippen LogP contribution in [0.3, 0.4) is 0 Å². The fourth-order valence-electron chi connectivity index (χ4n) is 3.06. The van der Waals surface area contributed by atoms with Gasteiger partial charge in [0, 0.05) is 55.3 Å². The van der Waals surface area contributed by atoms with Crippen molar-refractivity contribution in [2.45, 2.75) is 18.9 Å². The highest BCUT2D eigenvalue weighted by molar-refractivity contribution is 7.11. The number of pyridine rings is 1. The van der Waals surface area contributed by atoms with E-state index in [1.165, 1.54) is 11.3 Å². The van der Waals surface area contributed by atoms with E-state index < -0.39 is 0 Å². The molecule has 28 heavy (non-hydrogen) atoms. The summed E-state index contributed by atoms with van der Waals surface area (Å²) in [7, 11) is 0. The number of carbonyl (C=O) groups is 1. The summed E-state index contributed by atoms with van der Waals surface area (Å²) in [5.74, 6) is 1.25. The minimum atomic E-state index is -0.00698. The van der Waals surface area contributed by atoms with E-state index in [1.807, 2.05) is 22.4 Å². The zero-order chi connectivity index (χ0) is 19.3. The number of benzene rings is 1. The number of thiazole rings is 1. The van der Waals surface area contributed by atoms with Gasteiger partial charge in [-0.3, -0.25) is 9.78 Å². The van der Waals surface area contributed by atoms with Crippen LogP contribution in [0.25, 0.3) is 0 Å². The third-order valence-electron chi connectivity index (χ3n) is 4.41. The molecule has 0 bridgehead atoms. The highest BCUT2D eigenvalue weighted by atomic mass is 35.5. The van der Waals surface area contributed by atoms with Gasteiger partial charge >= 0.3 is 0 Å². The zero-order valence-electron chi connectivity index (χ0n) is 15.0. The van der Waals surface area contributed by atoms with Crippen molar-refractivity contribution in [1.29, 1.82) is 0 Å². The summed E-state index contributed by atoms with van der Waals surface area (Å²) < 4.78 is 11.6. The fourth-order valence-corrected chi connectivity index (χ4v) is 3.73. The molecule has 0 aliphatic carbocycles. The molecule has 1 aliphatic rings. The third-order valence-corrected chi connectivity index (χ3v) is 5.26. The number of rotatable bonds is 5. The first-order valence-electron chi connectivity index (χ1n) is 8.91. The molecule has 3 aromatic rings. The molecular weight excluding hydrogens is 398 g/mol. The lowest BCUT2D eigenvalue weighted by molar-refractivity contribution is 0.0594. The van der Waals surface area contributed by atoms with E-state index in [4.69, 9.17) is 21.1 Å². The van der Waals surface area contributed by atoms with Crippen molar-refractivity contribution in [3.63, 3.8) is 0 Å². The van der Waals surface area contributed by atoms with Crippen molar-refractivity contribution in [3.05, 3.63) is 64.9 Å². The number of hydrogen-bond donors (Lipinski definition) is 0. The largest absolute Gasteiger partial charge is 0.489 e. The van der Waals surface area contributed by atoms with Gasteiger partial charge < -0.3 is 14.4 Å². The number of piperidine rings is 1. The van der Waals surface area contributed by atoms with Crippen molar-refractivity contribution in [2.75, 3.05) is 13.1 Å². The van der Waals surface area contributed by atoms with E-state index in [2.05, 4.69) is 9.97 Å². The highest BCUT2D eigenvalue weighted by Crippen LogP contribution is 2.26. The van der Waals surface area contributed by atoms with Crippen molar-refractivity contribution in [2.24, 2.45) is 0 Å². The van der Waals surface area contributed by atoms with Crippen LogP contribution in [-0.4, -0.2) is 40.0 Å². The Morgan fingerprint density at radius 3 is 2.79 bits per heavy atom. The molecule has 0 unspecified atom stereocenters. The molecule has 0 N–H and O–H groups in total. The van der Waals surface area contributed by atoms with E-state index in [9.17, 15) is 4.79 Å². The predicted molar refractivity (Wildman–Crippen MR) is 107 cm³/mol. The van der Waals surface area contributed by atoms with E-state index >= 15 is 0 Å².